The molecule has 0 N–H and O–H groups in total. The van der Waals surface area contributed by atoms with Crippen LogP contribution in [0.15, 0.2) is 12.3 Å². The van der Waals surface area contributed by atoms with Crippen LogP contribution in [0.3, 0.4) is 0 Å². The molecule has 0 unspecified atom stereocenters. The number of hydrogen-bond acceptors (Lipinski definition) is 5. The van der Waals surface area contributed by atoms with Crippen LogP contribution in [0.25, 0.3) is 0 Å². The molecule has 1 heterocycles. The van der Waals surface area contributed by atoms with Crippen LogP contribution in [-0.4, -0.2) is 36.1 Å². The fraction of sp³-hybridized carbons (Fsp3) is 0.615. The minimum absolute atomic E-state index is 0.310. The van der Waals surface area contributed by atoms with E-state index in [9.17, 15) is 4.79 Å². The highest BCUT2D eigenvalue weighted by atomic mass is 16.5. The van der Waals surface area contributed by atoms with Gasteiger partial charge < -0.3 is 9.64 Å². The van der Waals surface area contributed by atoms with Gasteiger partial charge in [0.1, 0.15) is 0 Å². The van der Waals surface area contributed by atoms with Gasteiger partial charge in [-0.05, 0) is 18.9 Å². The largest absolute Gasteiger partial charge is 0.464 e. The van der Waals surface area contributed by atoms with E-state index in [1.807, 2.05) is 7.05 Å². The topological polar surface area (TPSA) is 55.3 Å². The van der Waals surface area contributed by atoms with E-state index in [4.69, 9.17) is 0 Å². The standard InChI is InChI=1S/C13H19N3O2/c1-16(10-6-4-3-5-7-10)13-14-9-8-11(15-13)12(17)18-2/h8-10H,3-7H2,1-2H3. The molecular formula is C13H19N3O2. The van der Waals surface area contributed by atoms with Crippen molar-refractivity contribution in [2.24, 2.45) is 0 Å². The molecule has 0 radical (unpaired) electrons. The zero-order valence-corrected chi connectivity index (χ0v) is 10.9. The summed E-state index contributed by atoms with van der Waals surface area (Å²) in [4.78, 5) is 22.0. The van der Waals surface area contributed by atoms with Crippen LogP contribution in [0.4, 0.5) is 5.95 Å². The Morgan fingerprint density at radius 2 is 2.11 bits per heavy atom. The zero-order chi connectivity index (χ0) is 13.0. The summed E-state index contributed by atoms with van der Waals surface area (Å²) in [5, 5.41) is 0. The van der Waals surface area contributed by atoms with Crippen LogP contribution in [0.2, 0.25) is 0 Å². The van der Waals surface area contributed by atoms with Gasteiger partial charge in [0.2, 0.25) is 5.95 Å². The van der Waals surface area contributed by atoms with Crippen molar-refractivity contribution in [3.05, 3.63) is 18.0 Å². The van der Waals surface area contributed by atoms with Crippen molar-refractivity contribution in [2.45, 2.75) is 38.1 Å². The molecule has 1 fully saturated rings. The van der Waals surface area contributed by atoms with Gasteiger partial charge >= 0.3 is 5.97 Å². The molecule has 0 spiro atoms. The minimum atomic E-state index is -0.421. The fourth-order valence-corrected chi connectivity index (χ4v) is 2.37. The summed E-state index contributed by atoms with van der Waals surface area (Å²) < 4.78 is 4.67. The van der Waals surface area contributed by atoms with Crippen LogP contribution in [0, 0.1) is 0 Å². The second-order valence-corrected chi connectivity index (χ2v) is 4.64. The number of hydrogen-bond donors (Lipinski definition) is 0. The maximum atomic E-state index is 11.4. The number of nitrogens with zero attached hydrogens (tertiary/aromatic N) is 3. The van der Waals surface area contributed by atoms with Crippen molar-refractivity contribution < 1.29 is 9.53 Å². The molecule has 18 heavy (non-hydrogen) atoms. The number of carbonyl (C=O) groups is 1. The third-order valence-corrected chi connectivity index (χ3v) is 3.48. The number of ether oxygens (including phenoxy) is 1. The van der Waals surface area contributed by atoms with Gasteiger partial charge in [-0.3, -0.25) is 0 Å². The third kappa shape index (κ3) is 2.78. The SMILES string of the molecule is COC(=O)c1ccnc(N(C)C2CCCCC2)n1. The lowest BCUT2D eigenvalue weighted by Gasteiger charge is -2.31. The van der Waals surface area contributed by atoms with Crippen molar-refractivity contribution in [2.75, 3.05) is 19.1 Å². The summed E-state index contributed by atoms with van der Waals surface area (Å²) >= 11 is 0. The third-order valence-electron chi connectivity index (χ3n) is 3.48. The Hall–Kier alpha value is -1.65. The van der Waals surface area contributed by atoms with E-state index >= 15 is 0 Å². The van der Waals surface area contributed by atoms with Gasteiger partial charge in [-0.1, -0.05) is 19.3 Å². The normalized spacial score (nSPS) is 16.3. The predicted molar refractivity (Wildman–Crippen MR) is 68.6 cm³/mol. The lowest BCUT2D eigenvalue weighted by atomic mass is 9.95. The lowest BCUT2D eigenvalue weighted by Crippen LogP contribution is -2.34. The number of rotatable bonds is 3. The number of anilines is 1. The van der Waals surface area contributed by atoms with Crippen molar-refractivity contribution in [1.82, 2.24) is 9.97 Å². The highest BCUT2D eigenvalue weighted by Gasteiger charge is 2.20. The molecule has 0 aliphatic heterocycles. The van der Waals surface area contributed by atoms with Crippen molar-refractivity contribution in [1.29, 1.82) is 0 Å². The van der Waals surface area contributed by atoms with Crippen LogP contribution in [0.1, 0.15) is 42.6 Å². The molecule has 2 rings (SSSR count). The fourth-order valence-electron chi connectivity index (χ4n) is 2.37. The Balaban J connectivity index is 2.14. The first kappa shape index (κ1) is 12.8. The van der Waals surface area contributed by atoms with Crippen molar-refractivity contribution in [3.63, 3.8) is 0 Å². The smallest absolute Gasteiger partial charge is 0.356 e. The number of esters is 1. The van der Waals surface area contributed by atoms with Crippen LogP contribution >= 0.6 is 0 Å². The molecule has 1 aromatic heterocycles. The molecule has 0 bridgehead atoms. The van der Waals surface area contributed by atoms with Gasteiger partial charge in [0.15, 0.2) is 5.69 Å². The first-order valence-electron chi connectivity index (χ1n) is 6.36. The van der Waals surface area contributed by atoms with E-state index in [-0.39, 0.29) is 0 Å². The van der Waals surface area contributed by atoms with E-state index < -0.39 is 5.97 Å². The molecule has 1 aliphatic rings. The summed E-state index contributed by atoms with van der Waals surface area (Å²) in [7, 11) is 3.35. The summed E-state index contributed by atoms with van der Waals surface area (Å²) in [5.74, 6) is 0.181. The monoisotopic (exact) mass is 249 g/mol. The molecule has 5 nitrogen and oxygen atoms in total. The Morgan fingerprint density at radius 3 is 2.78 bits per heavy atom. The Labute approximate surface area is 107 Å². The highest BCUT2D eigenvalue weighted by molar-refractivity contribution is 5.87. The zero-order valence-electron chi connectivity index (χ0n) is 10.9. The molecule has 5 heteroatoms. The molecule has 0 aromatic carbocycles. The summed E-state index contributed by atoms with van der Waals surface area (Å²) in [6.45, 7) is 0. The van der Waals surface area contributed by atoms with Gasteiger partial charge in [-0.25, -0.2) is 14.8 Å². The van der Waals surface area contributed by atoms with E-state index in [2.05, 4.69) is 19.6 Å². The quantitative estimate of drug-likeness (QED) is 0.767. The maximum Gasteiger partial charge on any atom is 0.356 e. The van der Waals surface area contributed by atoms with Crippen LogP contribution in [0.5, 0.6) is 0 Å². The van der Waals surface area contributed by atoms with Crippen molar-refractivity contribution >= 4 is 11.9 Å². The minimum Gasteiger partial charge on any atom is -0.464 e. The van der Waals surface area contributed by atoms with Crippen molar-refractivity contribution in [3.8, 4) is 0 Å². The second-order valence-electron chi connectivity index (χ2n) is 4.64. The molecular weight excluding hydrogens is 230 g/mol. The molecule has 1 aliphatic carbocycles. The van der Waals surface area contributed by atoms with Crippen LogP contribution < -0.4 is 4.90 Å². The first-order valence-corrected chi connectivity index (χ1v) is 6.36. The first-order chi connectivity index (χ1) is 8.72. The van der Waals surface area contributed by atoms with Gasteiger partial charge in [0, 0.05) is 19.3 Å². The number of carbonyl (C=O) groups excluding carboxylic acids is 1. The molecule has 0 saturated heterocycles. The maximum absolute atomic E-state index is 11.4. The molecule has 0 atom stereocenters. The van der Waals surface area contributed by atoms with Crippen LogP contribution in [-0.2, 0) is 4.74 Å². The average molecular weight is 249 g/mol. The summed E-state index contributed by atoms with van der Waals surface area (Å²) in [6, 6.07) is 2.05. The van der Waals surface area contributed by atoms with E-state index in [0.29, 0.717) is 17.7 Å². The molecule has 0 amide bonds. The Bertz CT molecular complexity index is 416. The number of aromatic nitrogens is 2. The Kier molecular flexibility index (Phi) is 4.12. The number of methoxy groups -OCH3 is 1. The lowest BCUT2D eigenvalue weighted by molar-refractivity contribution is 0.0594. The van der Waals surface area contributed by atoms with E-state index in [0.717, 1.165) is 0 Å². The average Bonchev–Trinajstić information content (AvgIpc) is 2.46. The summed E-state index contributed by atoms with van der Waals surface area (Å²) in [6.07, 6.45) is 7.77. The molecule has 1 saturated carbocycles. The van der Waals surface area contributed by atoms with E-state index in [1.54, 1.807) is 12.3 Å². The highest BCUT2D eigenvalue weighted by Crippen LogP contribution is 2.24. The van der Waals surface area contributed by atoms with Gasteiger partial charge in [-0.2, -0.15) is 0 Å². The summed E-state index contributed by atoms with van der Waals surface area (Å²) in [5.41, 5.74) is 0.310. The van der Waals surface area contributed by atoms with Gasteiger partial charge in [0.05, 0.1) is 7.11 Å². The second kappa shape index (κ2) is 5.80. The van der Waals surface area contributed by atoms with Gasteiger partial charge in [0.25, 0.3) is 0 Å². The van der Waals surface area contributed by atoms with E-state index in [1.165, 1.54) is 39.2 Å². The molecule has 98 valence electrons. The molecule has 1 aromatic rings. The predicted octanol–water partition coefficient (Wildman–Crippen LogP) is 2.03. The van der Waals surface area contributed by atoms with Gasteiger partial charge in [-0.15, -0.1) is 0 Å². The Morgan fingerprint density at radius 1 is 1.39 bits per heavy atom.